The normalized spacial score (nSPS) is 17.7. The lowest BCUT2D eigenvalue weighted by Gasteiger charge is -2.14. The van der Waals surface area contributed by atoms with Gasteiger partial charge >= 0.3 is 0 Å². The van der Waals surface area contributed by atoms with Crippen LogP contribution in [0.15, 0.2) is 64.6 Å². The first-order valence-corrected chi connectivity index (χ1v) is 8.63. The molecule has 3 nitrogen and oxygen atoms in total. The van der Waals surface area contributed by atoms with E-state index < -0.39 is 0 Å². The van der Waals surface area contributed by atoms with Gasteiger partial charge in [-0.2, -0.15) is 0 Å². The quantitative estimate of drug-likeness (QED) is 0.805. The molecule has 0 radical (unpaired) electrons. The van der Waals surface area contributed by atoms with Crippen molar-refractivity contribution in [3.8, 4) is 0 Å². The van der Waals surface area contributed by atoms with Crippen LogP contribution in [0.25, 0.3) is 5.70 Å². The van der Waals surface area contributed by atoms with Crippen molar-refractivity contribution in [3.63, 3.8) is 0 Å². The summed E-state index contributed by atoms with van der Waals surface area (Å²) in [6, 6.07) is 16.5. The van der Waals surface area contributed by atoms with Gasteiger partial charge in [-0.3, -0.25) is 4.99 Å². The Balaban J connectivity index is 2.07. The number of benzene rings is 2. The number of rotatable bonds is 2. The minimum atomic E-state index is -0.165. The van der Waals surface area contributed by atoms with E-state index in [9.17, 15) is 0 Å². The third kappa shape index (κ3) is 4.05. The molecule has 0 atom stereocenters. The van der Waals surface area contributed by atoms with Gasteiger partial charge in [-0.1, -0.05) is 48.5 Å². The molecule has 0 aliphatic carbocycles. The van der Waals surface area contributed by atoms with E-state index in [1.54, 1.807) is 0 Å². The number of aliphatic imine (C=N–C) groups is 2. The van der Waals surface area contributed by atoms with Gasteiger partial charge < -0.3 is 5.32 Å². The second-order valence-corrected chi connectivity index (χ2v) is 7.42. The number of hydrogen-bond donors (Lipinski definition) is 1. The minimum Gasteiger partial charge on any atom is -0.338 e. The van der Waals surface area contributed by atoms with Crippen LogP contribution in [0.4, 0.5) is 5.69 Å². The summed E-state index contributed by atoms with van der Waals surface area (Å²) in [6.45, 7) is 10.5. The largest absolute Gasteiger partial charge is 0.338 e. The summed E-state index contributed by atoms with van der Waals surface area (Å²) in [7, 11) is 0. The zero-order valence-electron chi connectivity index (χ0n) is 15.6. The molecule has 2 aromatic carbocycles. The Labute approximate surface area is 150 Å². The minimum absolute atomic E-state index is 0.165. The summed E-state index contributed by atoms with van der Waals surface area (Å²) in [5.74, 6) is 0.811. The fraction of sp³-hybridized carbons (Fsp3) is 0.273. The van der Waals surface area contributed by atoms with E-state index in [0.717, 1.165) is 39.6 Å². The lowest BCUT2D eigenvalue weighted by Crippen LogP contribution is -2.24. The number of para-hydroxylation sites is 1. The number of nitrogens with one attached hydrogen (secondary N) is 1. The summed E-state index contributed by atoms with van der Waals surface area (Å²) in [5, 5.41) is 3.46. The lowest BCUT2D eigenvalue weighted by atomic mass is 10.1. The summed E-state index contributed by atoms with van der Waals surface area (Å²) < 4.78 is 0. The summed E-state index contributed by atoms with van der Waals surface area (Å²) in [6.07, 6.45) is 2.09. The van der Waals surface area contributed by atoms with Crippen LogP contribution in [0.1, 0.15) is 37.5 Å². The second-order valence-electron chi connectivity index (χ2n) is 7.42. The van der Waals surface area contributed by atoms with Gasteiger partial charge in [0.1, 0.15) is 5.71 Å². The molecule has 25 heavy (non-hydrogen) atoms. The van der Waals surface area contributed by atoms with Crippen molar-refractivity contribution in [2.45, 2.75) is 40.2 Å². The molecule has 0 saturated heterocycles. The molecule has 0 fully saturated rings. The highest BCUT2D eigenvalue weighted by atomic mass is 15.1. The van der Waals surface area contributed by atoms with Crippen LogP contribution >= 0.6 is 0 Å². The van der Waals surface area contributed by atoms with Gasteiger partial charge in [-0.15, -0.1) is 0 Å². The number of nitrogens with zero attached hydrogens (tertiary/aromatic N) is 2. The van der Waals surface area contributed by atoms with Crippen LogP contribution in [-0.2, 0) is 0 Å². The van der Waals surface area contributed by atoms with E-state index in [4.69, 9.17) is 9.98 Å². The summed E-state index contributed by atoms with van der Waals surface area (Å²) in [4.78, 5) is 9.79. The van der Waals surface area contributed by atoms with E-state index in [0.29, 0.717) is 0 Å². The van der Waals surface area contributed by atoms with Crippen LogP contribution in [0.5, 0.6) is 0 Å². The third-order valence-electron chi connectivity index (χ3n) is 3.98. The Morgan fingerprint density at radius 3 is 2.08 bits per heavy atom. The van der Waals surface area contributed by atoms with Gasteiger partial charge in [0, 0.05) is 5.70 Å². The number of amidine groups is 1. The maximum atomic E-state index is 4.92. The molecule has 3 heteroatoms. The van der Waals surface area contributed by atoms with E-state index in [1.165, 1.54) is 0 Å². The first kappa shape index (κ1) is 17.2. The zero-order chi connectivity index (χ0) is 18.0. The SMILES string of the molecule is Cc1cccc(C)c1N=C1NC(c2ccccc2)=CC1=NC(C)(C)C. The standard InChI is InChI=1S/C22H25N3/c1-15-10-9-11-16(2)20(15)24-21-19(25-22(3,4)5)14-18(23-21)17-12-7-6-8-13-17/h6-14H,1-5H3,(H,23,24,25). The maximum Gasteiger partial charge on any atom is 0.156 e. The molecular formula is C22H25N3. The number of hydrogen-bond acceptors (Lipinski definition) is 2. The van der Waals surface area contributed by atoms with Crippen LogP contribution in [0.2, 0.25) is 0 Å². The van der Waals surface area contributed by atoms with Gasteiger partial charge in [0.05, 0.1) is 11.2 Å². The summed E-state index contributed by atoms with van der Waals surface area (Å²) >= 11 is 0. The van der Waals surface area contributed by atoms with Crippen LogP contribution in [-0.4, -0.2) is 17.1 Å². The van der Waals surface area contributed by atoms with E-state index in [-0.39, 0.29) is 5.54 Å². The molecule has 0 bridgehead atoms. The first-order chi connectivity index (χ1) is 11.8. The van der Waals surface area contributed by atoms with Crippen molar-refractivity contribution < 1.29 is 0 Å². The van der Waals surface area contributed by atoms with Gasteiger partial charge in [0.2, 0.25) is 0 Å². The molecular weight excluding hydrogens is 306 g/mol. The van der Waals surface area contributed by atoms with E-state index in [2.05, 4.69) is 76.3 Å². The van der Waals surface area contributed by atoms with Gasteiger partial charge in [0.15, 0.2) is 5.84 Å². The Bertz CT molecular complexity index is 846. The highest BCUT2D eigenvalue weighted by Crippen LogP contribution is 2.26. The second kappa shape index (κ2) is 6.67. The average molecular weight is 331 g/mol. The molecule has 2 aromatic rings. The zero-order valence-corrected chi connectivity index (χ0v) is 15.6. The average Bonchev–Trinajstić information content (AvgIpc) is 2.93. The molecule has 0 amide bonds. The first-order valence-electron chi connectivity index (χ1n) is 8.63. The van der Waals surface area contributed by atoms with Crippen molar-refractivity contribution in [2.75, 3.05) is 0 Å². The lowest BCUT2D eigenvalue weighted by molar-refractivity contribution is 0.585. The Morgan fingerprint density at radius 1 is 0.840 bits per heavy atom. The smallest absolute Gasteiger partial charge is 0.156 e. The molecule has 0 spiro atoms. The predicted molar refractivity (Wildman–Crippen MR) is 108 cm³/mol. The Hall–Kier alpha value is -2.68. The van der Waals surface area contributed by atoms with Crippen molar-refractivity contribution >= 4 is 22.9 Å². The maximum absolute atomic E-state index is 4.92. The fourth-order valence-corrected chi connectivity index (χ4v) is 2.83. The van der Waals surface area contributed by atoms with Crippen LogP contribution in [0.3, 0.4) is 0 Å². The van der Waals surface area contributed by atoms with Crippen molar-refractivity contribution in [1.29, 1.82) is 0 Å². The topological polar surface area (TPSA) is 36.8 Å². The molecule has 1 aliphatic rings. The van der Waals surface area contributed by atoms with Gasteiger partial charge in [-0.05, 0) is 57.4 Å². The monoisotopic (exact) mass is 331 g/mol. The van der Waals surface area contributed by atoms with Crippen molar-refractivity contribution in [1.82, 2.24) is 5.32 Å². The number of aryl methyl sites for hydroxylation is 2. The molecule has 128 valence electrons. The highest BCUT2D eigenvalue weighted by Gasteiger charge is 2.22. The van der Waals surface area contributed by atoms with Crippen LogP contribution < -0.4 is 5.32 Å². The Morgan fingerprint density at radius 2 is 1.48 bits per heavy atom. The highest BCUT2D eigenvalue weighted by molar-refractivity contribution is 6.51. The third-order valence-corrected chi connectivity index (χ3v) is 3.98. The van der Waals surface area contributed by atoms with E-state index in [1.807, 2.05) is 18.2 Å². The van der Waals surface area contributed by atoms with Crippen molar-refractivity contribution in [3.05, 3.63) is 71.3 Å². The predicted octanol–water partition coefficient (Wildman–Crippen LogP) is 5.22. The van der Waals surface area contributed by atoms with E-state index >= 15 is 0 Å². The molecule has 1 heterocycles. The molecule has 3 rings (SSSR count). The summed E-state index contributed by atoms with van der Waals surface area (Å²) in [5.41, 5.74) is 6.24. The molecule has 0 aromatic heterocycles. The molecule has 0 saturated carbocycles. The van der Waals surface area contributed by atoms with Crippen molar-refractivity contribution in [2.24, 2.45) is 9.98 Å². The fourth-order valence-electron chi connectivity index (χ4n) is 2.83. The Kier molecular flexibility index (Phi) is 4.58. The molecule has 0 unspecified atom stereocenters. The van der Waals surface area contributed by atoms with Gasteiger partial charge in [-0.25, -0.2) is 4.99 Å². The molecule has 1 N–H and O–H groups in total. The van der Waals surface area contributed by atoms with Gasteiger partial charge in [0.25, 0.3) is 0 Å². The van der Waals surface area contributed by atoms with Crippen LogP contribution in [0, 0.1) is 13.8 Å². The molecule has 1 aliphatic heterocycles.